The third kappa shape index (κ3) is 10.9. The standard InChI is InChI=1S/C21H20F3N3O4.C4H8.C4H6/c1-12(30-15-8-10-16(11-9-15)31-20(2,3)19(28)29)17-25-18(27-26-17)13-4-6-14(7-5-13)21(22,23)24;2*1-3-4-2/h4-12H,1-3H3,(H,28,29)(H,25,26,27);3-4H,1-2H3;3-4H,1-2H2/b;4-3-;. The summed E-state index contributed by atoms with van der Waals surface area (Å²) in [7, 11) is 0. The Morgan fingerprint density at radius 2 is 1.49 bits per heavy atom. The van der Waals surface area contributed by atoms with Crippen LogP contribution in [0, 0.1) is 0 Å². The number of carbonyl (C=O) groups is 1. The maximum absolute atomic E-state index is 12.7. The van der Waals surface area contributed by atoms with Gasteiger partial charge in [-0.2, -0.15) is 18.3 Å². The third-order valence-electron chi connectivity index (χ3n) is 4.88. The number of aromatic amines is 1. The zero-order valence-corrected chi connectivity index (χ0v) is 22.6. The lowest BCUT2D eigenvalue weighted by Crippen LogP contribution is -2.37. The second-order valence-corrected chi connectivity index (χ2v) is 8.41. The van der Waals surface area contributed by atoms with Crippen molar-refractivity contribution in [3.05, 3.63) is 97.4 Å². The summed E-state index contributed by atoms with van der Waals surface area (Å²) in [4.78, 5) is 15.4. The first-order chi connectivity index (χ1) is 18.3. The molecule has 1 aromatic heterocycles. The minimum atomic E-state index is -4.41. The van der Waals surface area contributed by atoms with Crippen molar-refractivity contribution in [2.75, 3.05) is 0 Å². The van der Waals surface area contributed by atoms with E-state index in [-0.39, 0.29) is 5.82 Å². The van der Waals surface area contributed by atoms with E-state index in [4.69, 9.17) is 14.6 Å². The molecule has 1 atom stereocenters. The maximum Gasteiger partial charge on any atom is 0.416 e. The highest BCUT2D eigenvalue weighted by atomic mass is 19.4. The normalized spacial score (nSPS) is 11.8. The molecule has 1 unspecified atom stereocenters. The number of nitrogens with one attached hydrogen (secondary N) is 1. The SMILES string of the molecule is C/C=C\C.C=CC=C.CC(Oc1ccc(OC(C)(C)C(=O)O)cc1)c1nc(-c2ccc(C(F)(F)F)cc2)n[nH]1. The number of nitrogens with zero attached hydrogens (tertiary/aromatic N) is 2. The maximum atomic E-state index is 12.7. The van der Waals surface area contributed by atoms with E-state index in [1.807, 2.05) is 26.0 Å². The van der Waals surface area contributed by atoms with Crippen molar-refractivity contribution in [3.63, 3.8) is 0 Å². The quantitative estimate of drug-likeness (QED) is 0.221. The Kier molecular flexibility index (Phi) is 12.7. The van der Waals surface area contributed by atoms with Gasteiger partial charge in [-0.15, -0.1) is 0 Å². The van der Waals surface area contributed by atoms with E-state index in [2.05, 4.69) is 28.3 Å². The van der Waals surface area contributed by atoms with E-state index in [1.165, 1.54) is 26.0 Å². The molecule has 2 N–H and O–H groups in total. The Morgan fingerprint density at radius 1 is 0.974 bits per heavy atom. The van der Waals surface area contributed by atoms with Crippen molar-refractivity contribution < 1.29 is 32.5 Å². The summed E-state index contributed by atoms with van der Waals surface area (Å²) in [5.74, 6) is 0.411. The minimum absolute atomic E-state index is 0.249. The van der Waals surface area contributed by atoms with Crippen LogP contribution < -0.4 is 9.47 Å². The van der Waals surface area contributed by atoms with Crippen molar-refractivity contribution in [1.82, 2.24) is 15.2 Å². The van der Waals surface area contributed by atoms with Crippen molar-refractivity contribution in [1.29, 1.82) is 0 Å². The summed E-state index contributed by atoms with van der Waals surface area (Å²) >= 11 is 0. The van der Waals surface area contributed by atoms with E-state index < -0.39 is 29.4 Å². The van der Waals surface area contributed by atoms with Crippen molar-refractivity contribution in [2.24, 2.45) is 0 Å². The number of benzene rings is 2. The molecule has 3 aromatic rings. The second kappa shape index (κ2) is 15.2. The molecule has 2 aromatic carbocycles. The van der Waals surface area contributed by atoms with Gasteiger partial charge in [0.1, 0.15) is 11.5 Å². The number of aromatic nitrogens is 3. The second-order valence-electron chi connectivity index (χ2n) is 8.41. The Bertz CT molecular complexity index is 1210. The fourth-order valence-electron chi connectivity index (χ4n) is 2.58. The van der Waals surface area contributed by atoms with Crippen LogP contribution in [0.3, 0.4) is 0 Å². The molecule has 0 spiro atoms. The fraction of sp³-hybridized carbons (Fsp3) is 0.276. The number of H-pyrrole nitrogens is 1. The van der Waals surface area contributed by atoms with Gasteiger partial charge in [-0.1, -0.05) is 49.6 Å². The number of hydrogen-bond acceptors (Lipinski definition) is 5. The van der Waals surface area contributed by atoms with Crippen LogP contribution >= 0.6 is 0 Å². The number of allylic oxidation sites excluding steroid dienone is 4. The van der Waals surface area contributed by atoms with E-state index in [1.54, 1.807) is 43.3 Å². The molecule has 0 saturated carbocycles. The van der Waals surface area contributed by atoms with Crippen molar-refractivity contribution >= 4 is 5.97 Å². The molecule has 0 fully saturated rings. The molecule has 10 heteroatoms. The van der Waals surface area contributed by atoms with Crippen LogP contribution in [-0.2, 0) is 11.0 Å². The van der Waals surface area contributed by atoms with Crippen LogP contribution in [0.1, 0.15) is 52.1 Å². The van der Waals surface area contributed by atoms with Crippen LogP contribution in [0.25, 0.3) is 11.4 Å². The summed E-state index contributed by atoms with van der Waals surface area (Å²) in [6.07, 6.45) is 2.34. The molecule has 3 rings (SSSR count). The van der Waals surface area contributed by atoms with Gasteiger partial charge in [0.25, 0.3) is 0 Å². The van der Waals surface area contributed by atoms with E-state index in [0.29, 0.717) is 22.9 Å². The van der Waals surface area contributed by atoms with Crippen molar-refractivity contribution in [2.45, 2.75) is 52.5 Å². The summed E-state index contributed by atoms with van der Waals surface area (Å²) in [6.45, 7) is 15.3. The largest absolute Gasteiger partial charge is 0.483 e. The summed E-state index contributed by atoms with van der Waals surface area (Å²) in [5, 5.41) is 15.9. The number of hydrogen-bond donors (Lipinski definition) is 2. The highest BCUT2D eigenvalue weighted by Crippen LogP contribution is 2.31. The van der Waals surface area contributed by atoms with E-state index >= 15 is 0 Å². The van der Waals surface area contributed by atoms with Gasteiger partial charge in [0.15, 0.2) is 23.4 Å². The predicted molar refractivity (Wildman–Crippen MR) is 146 cm³/mol. The smallest absolute Gasteiger partial charge is 0.416 e. The lowest BCUT2D eigenvalue weighted by Gasteiger charge is -2.21. The van der Waals surface area contributed by atoms with Crippen LogP contribution in [0.15, 0.2) is 86.0 Å². The monoisotopic (exact) mass is 545 g/mol. The topological polar surface area (TPSA) is 97.3 Å². The molecule has 0 aliphatic rings. The molecule has 0 bridgehead atoms. The number of aliphatic carboxylic acids is 1. The summed E-state index contributed by atoms with van der Waals surface area (Å²) < 4.78 is 49.3. The number of alkyl halides is 3. The lowest BCUT2D eigenvalue weighted by atomic mass is 10.1. The fourth-order valence-corrected chi connectivity index (χ4v) is 2.58. The zero-order chi connectivity index (χ0) is 29.6. The first kappa shape index (κ1) is 32.7. The molecule has 210 valence electrons. The molecule has 0 aliphatic heterocycles. The first-order valence-electron chi connectivity index (χ1n) is 11.9. The van der Waals surface area contributed by atoms with Gasteiger partial charge in [0.2, 0.25) is 0 Å². The number of carboxylic acids is 1. The number of ether oxygens (including phenoxy) is 2. The summed E-state index contributed by atoms with van der Waals surface area (Å²) in [5.41, 5.74) is -1.68. The van der Waals surface area contributed by atoms with Crippen LogP contribution in [0.4, 0.5) is 13.2 Å². The predicted octanol–water partition coefficient (Wildman–Crippen LogP) is 7.81. The average Bonchev–Trinajstić information content (AvgIpc) is 3.40. The Balaban J connectivity index is 0.000000838. The Morgan fingerprint density at radius 3 is 1.92 bits per heavy atom. The van der Waals surface area contributed by atoms with Crippen LogP contribution in [-0.4, -0.2) is 31.9 Å². The van der Waals surface area contributed by atoms with Gasteiger partial charge < -0.3 is 14.6 Å². The molecule has 0 aliphatic carbocycles. The molecule has 0 amide bonds. The summed E-state index contributed by atoms with van der Waals surface area (Å²) in [6, 6.07) is 11.0. The Hall–Kier alpha value is -4.34. The highest BCUT2D eigenvalue weighted by molar-refractivity contribution is 5.76. The molecular formula is C29H34F3N3O4. The first-order valence-corrected chi connectivity index (χ1v) is 11.9. The number of rotatable bonds is 8. The van der Waals surface area contributed by atoms with Crippen LogP contribution in [0.5, 0.6) is 11.5 Å². The average molecular weight is 546 g/mol. The van der Waals surface area contributed by atoms with E-state index in [0.717, 1.165) is 12.1 Å². The third-order valence-corrected chi connectivity index (χ3v) is 4.88. The van der Waals surface area contributed by atoms with Gasteiger partial charge in [-0.25, -0.2) is 9.78 Å². The van der Waals surface area contributed by atoms with Crippen LogP contribution in [0.2, 0.25) is 0 Å². The molecule has 1 heterocycles. The minimum Gasteiger partial charge on any atom is -0.483 e. The number of halogens is 3. The lowest BCUT2D eigenvalue weighted by molar-refractivity contribution is -0.152. The molecule has 0 saturated heterocycles. The van der Waals surface area contributed by atoms with E-state index in [9.17, 15) is 18.0 Å². The molecule has 39 heavy (non-hydrogen) atoms. The van der Waals surface area contributed by atoms with Gasteiger partial charge in [-0.3, -0.25) is 5.10 Å². The molecule has 0 radical (unpaired) electrons. The van der Waals surface area contributed by atoms with Gasteiger partial charge in [0.05, 0.1) is 5.56 Å². The molecule has 7 nitrogen and oxygen atoms in total. The Labute approximate surface area is 226 Å². The van der Waals surface area contributed by atoms with Gasteiger partial charge in [-0.05, 0) is 71.0 Å². The van der Waals surface area contributed by atoms with Gasteiger partial charge >= 0.3 is 12.1 Å². The molecular weight excluding hydrogens is 511 g/mol. The van der Waals surface area contributed by atoms with Crippen molar-refractivity contribution in [3.8, 4) is 22.9 Å². The van der Waals surface area contributed by atoms with Gasteiger partial charge in [0, 0.05) is 5.56 Å². The number of carboxylic acid groups (broad SMARTS) is 1. The zero-order valence-electron chi connectivity index (χ0n) is 22.6. The highest BCUT2D eigenvalue weighted by Gasteiger charge is 2.30.